The van der Waals surface area contributed by atoms with Crippen LogP contribution < -0.4 is 10.6 Å². The lowest BCUT2D eigenvalue weighted by molar-refractivity contribution is -0.128. The average molecular weight is 277 g/mol. The SMILES string of the molecule is CNC(=O)Cc1ccc(N[C@@H](C)CC(=O)N(C)C)cc1. The molecule has 2 N–H and O–H groups in total. The van der Waals surface area contributed by atoms with Gasteiger partial charge in [-0.25, -0.2) is 0 Å². The molecule has 1 rings (SSSR count). The largest absolute Gasteiger partial charge is 0.382 e. The molecule has 0 heterocycles. The Kier molecular flexibility index (Phi) is 6.03. The van der Waals surface area contributed by atoms with Gasteiger partial charge in [-0.2, -0.15) is 0 Å². The fourth-order valence-corrected chi connectivity index (χ4v) is 1.77. The summed E-state index contributed by atoms with van der Waals surface area (Å²) in [4.78, 5) is 24.4. The molecule has 0 bridgehead atoms. The average Bonchev–Trinajstić information content (AvgIpc) is 2.40. The number of anilines is 1. The maximum Gasteiger partial charge on any atom is 0.224 e. The monoisotopic (exact) mass is 277 g/mol. The Morgan fingerprint density at radius 1 is 1.20 bits per heavy atom. The molecule has 20 heavy (non-hydrogen) atoms. The molecule has 0 unspecified atom stereocenters. The first-order valence-electron chi connectivity index (χ1n) is 6.68. The van der Waals surface area contributed by atoms with Crippen molar-refractivity contribution in [3.05, 3.63) is 29.8 Å². The number of carbonyl (C=O) groups is 2. The molecule has 1 aromatic carbocycles. The van der Waals surface area contributed by atoms with E-state index in [2.05, 4.69) is 10.6 Å². The van der Waals surface area contributed by atoms with Crippen LogP contribution >= 0.6 is 0 Å². The van der Waals surface area contributed by atoms with Crippen LogP contribution in [0.1, 0.15) is 18.9 Å². The summed E-state index contributed by atoms with van der Waals surface area (Å²) in [6, 6.07) is 7.75. The highest BCUT2D eigenvalue weighted by Crippen LogP contribution is 2.12. The number of rotatable bonds is 6. The summed E-state index contributed by atoms with van der Waals surface area (Å²) >= 11 is 0. The van der Waals surface area contributed by atoms with Crippen molar-refractivity contribution in [3.8, 4) is 0 Å². The van der Waals surface area contributed by atoms with E-state index in [1.165, 1.54) is 0 Å². The molecular weight excluding hydrogens is 254 g/mol. The van der Waals surface area contributed by atoms with Gasteiger partial charge in [0.25, 0.3) is 0 Å². The van der Waals surface area contributed by atoms with Crippen LogP contribution in [-0.4, -0.2) is 43.9 Å². The van der Waals surface area contributed by atoms with Crippen molar-refractivity contribution in [1.82, 2.24) is 10.2 Å². The summed E-state index contributed by atoms with van der Waals surface area (Å²) in [7, 11) is 5.13. The highest BCUT2D eigenvalue weighted by Gasteiger charge is 2.10. The van der Waals surface area contributed by atoms with Crippen LogP contribution in [0.3, 0.4) is 0 Å². The highest BCUT2D eigenvalue weighted by molar-refractivity contribution is 5.78. The topological polar surface area (TPSA) is 61.4 Å². The van der Waals surface area contributed by atoms with E-state index < -0.39 is 0 Å². The van der Waals surface area contributed by atoms with Gasteiger partial charge >= 0.3 is 0 Å². The Labute approximate surface area is 120 Å². The number of nitrogens with one attached hydrogen (secondary N) is 2. The van der Waals surface area contributed by atoms with Crippen LogP contribution in [0.4, 0.5) is 5.69 Å². The molecule has 0 aliphatic carbocycles. The normalized spacial score (nSPS) is 11.6. The van der Waals surface area contributed by atoms with Gasteiger partial charge in [0.05, 0.1) is 6.42 Å². The number of hydrogen-bond donors (Lipinski definition) is 2. The van der Waals surface area contributed by atoms with Gasteiger partial charge in [-0.05, 0) is 24.6 Å². The third-order valence-corrected chi connectivity index (χ3v) is 2.99. The molecule has 0 aliphatic rings. The predicted octanol–water partition coefficient (Wildman–Crippen LogP) is 1.25. The summed E-state index contributed by atoms with van der Waals surface area (Å²) in [5.74, 6) is 0.0943. The van der Waals surface area contributed by atoms with E-state index >= 15 is 0 Å². The first kappa shape index (κ1) is 16.0. The summed E-state index contributed by atoms with van der Waals surface area (Å²) in [5, 5.41) is 5.87. The lowest BCUT2D eigenvalue weighted by Crippen LogP contribution is -2.28. The number of hydrogen-bond acceptors (Lipinski definition) is 3. The zero-order valence-corrected chi connectivity index (χ0v) is 12.6. The second-order valence-electron chi connectivity index (χ2n) is 5.08. The third-order valence-electron chi connectivity index (χ3n) is 2.99. The molecule has 0 fully saturated rings. The maximum atomic E-state index is 11.6. The molecule has 0 saturated heterocycles. The lowest BCUT2D eigenvalue weighted by atomic mass is 10.1. The van der Waals surface area contributed by atoms with Crippen molar-refractivity contribution in [1.29, 1.82) is 0 Å². The second-order valence-corrected chi connectivity index (χ2v) is 5.08. The van der Waals surface area contributed by atoms with Gasteiger partial charge in [-0.15, -0.1) is 0 Å². The van der Waals surface area contributed by atoms with E-state index in [4.69, 9.17) is 0 Å². The molecule has 1 atom stereocenters. The summed E-state index contributed by atoms with van der Waals surface area (Å²) in [5.41, 5.74) is 1.91. The number of benzene rings is 1. The number of amides is 2. The van der Waals surface area contributed by atoms with Crippen molar-refractivity contribution in [2.75, 3.05) is 26.5 Å². The number of likely N-dealkylation sites (N-methyl/N-ethyl adjacent to an activating group) is 1. The van der Waals surface area contributed by atoms with Crippen LogP contribution in [0.2, 0.25) is 0 Å². The van der Waals surface area contributed by atoms with Crippen LogP contribution in [0.15, 0.2) is 24.3 Å². The Balaban J connectivity index is 2.52. The number of nitrogens with zero attached hydrogens (tertiary/aromatic N) is 1. The fraction of sp³-hybridized carbons (Fsp3) is 0.467. The Morgan fingerprint density at radius 3 is 2.30 bits per heavy atom. The summed E-state index contributed by atoms with van der Waals surface area (Å²) in [6.45, 7) is 1.97. The maximum absolute atomic E-state index is 11.6. The van der Waals surface area contributed by atoms with Gasteiger partial charge in [0.2, 0.25) is 11.8 Å². The lowest BCUT2D eigenvalue weighted by Gasteiger charge is -2.17. The van der Waals surface area contributed by atoms with Gasteiger partial charge in [0.1, 0.15) is 0 Å². The molecule has 1 aromatic rings. The van der Waals surface area contributed by atoms with E-state index in [1.807, 2.05) is 31.2 Å². The molecule has 110 valence electrons. The molecule has 2 amide bonds. The van der Waals surface area contributed by atoms with Crippen molar-refractivity contribution in [3.63, 3.8) is 0 Å². The summed E-state index contributed by atoms with van der Waals surface area (Å²) in [6.07, 6.45) is 0.832. The van der Waals surface area contributed by atoms with Crippen molar-refractivity contribution in [2.24, 2.45) is 0 Å². The van der Waals surface area contributed by atoms with E-state index in [9.17, 15) is 9.59 Å². The molecule has 0 aromatic heterocycles. The zero-order chi connectivity index (χ0) is 15.1. The molecular formula is C15H23N3O2. The minimum Gasteiger partial charge on any atom is -0.382 e. The standard InChI is InChI=1S/C15H23N3O2/c1-11(9-15(20)18(3)4)17-13-7-5-12(6-8-13)10-14(19)16-2/h5-8,11,17H,9-10H2,1-4H3,(H,16,19)/t11-/m0/s1. The van der Waals surface area contributed by atoms with Crippen molar-refractivity contribution >= 4 is 17.5 Å². The van der Waals surface area contributed by atoms with E-state index in [0.717, 1.165) is 11.3 Å². The van der Waals surface area contributed by atoms with Crippen LogP contribution in [0, 0.1) is 0 Å². The third kappa shape index (κ3) is 5.30. The number of carbonyl (C=O) groups excluding carboxylic acids is 2. The van der Waals surface area contributed by atoms with E-state index in [-0.39, 0.29) is 17.9 Å². The quantitative estimate of drug-likeness (QED) is 0.823. The van der Waals surface area contributed by atoms with Crippen molar-refractivity contribution in [2.45, 2.75) is 25.8 Å². The molecule has 0 saturated carbocycles. The van der Waals surface area contributed by atoms with Gasteiger partial charge in [0, 0.05) is 39.3 Å². The van der Waals surface area contributed by atoms with Crippen LogP contribution in [-0.2, 0) is 16.0 Å². The van der Waals surface area contributed by atoms with Crippen LogP contribution in [0.5, 0.6) is 0 Å². The predicted molar refractivity (Wildman–Crippen MR) is 80.6 cm³/mol. The fourth-order valence-electron chi connectivity index (χ4n) is 1.77. The first-order chi connectivity index (χ1) is 9.42. The van der Waals surface area contributed by atoms with E-state index in [0.29, 0.717) is 12.8 Å². The minimum atomic E-state index is -0.00402. The molecule has 0 aliphatic heterocycles. The Hall–Kier alpha value is -2.04. The van der Waals surface area contributed by atoms with Gasteiger partial charge in [-0.1, -0.05) is 12.1 Å². The van der Waals surface area contributed by atoms with Gasteiger partial charge in [-0.3, -0.25) is 9.59 Å². The Bertz CT molecular complexity index is 455. The smallest absolute Gasteiger partial charge is 0.224 e. The van der Waals surface area contributed by atoms with Gasteiger partial charge in [0.15, 0.2) is 0 Å². The van der Waals surface area contributed by atoms with Crippen molar-refractivity contribution < 1.29 is 9.59 Å². The summed E-state index contributed by atoms with van der Waals surface area (Å²) < 4.78 is 0. The second kappa shape index (κ2) is 7.53. The molecule has 0 radical (unpaired) electrons. The molecule has 5 nitrogen and oxygen atoms in total. The molecule has 0 spiro atoms. The van der Waals surface area contributed by atoms with Crippen LogP contribution in [0.25, 0.3) is 0 Å². The van der Waals surface area contributed by atoms with Gasteiger partial charge < -0.3 is 15.5 Å². The zero-order valence-electron chi connectivity index (χ0n) is 12.6. The first-order valence-corrected chi connectivity index (χ1v) is 6.68. The molecule has 5 heteroatoms. The minimum absolute atomic E-state index is 0.00402. The van der Waals surface area contributed by atoms with E-state index in [1.54, 1.807) is 26.0 Å². The highest BCUT2D eigenvalue weighted by atomic mass is 16.2. The Morgan fingerprint density at radius 2 is 1.80 bits per heavy atom.